The highest BCUT2D eigenvalue weighted by Crippen LogP contribution is 2.24. The van der Waals surface area contributed by atoms with Crippen molar-refractivity contribution in [1.82, 2.24) is 19.9 Å². The van der Waals surface area contributed by atoms with Gasteiger partial charge in [-0.25, -0.2) is 10.1 Å². The molecule has 2 aromatic rings. The predicted molar refractivity (Wildman–Crippen MR) is 95.2 cm³/mol. The molecule has 1 radical (unpaired) electrons. The molecule has 0 atom stereocenters. The molecule has 1 aliphatic heterocycles. The first kappa shape index (κ1) is 15.2. The lowest BCUT2D eigenvalue weighted by Crippen LogP contribution is -2.72. The highest BCUT2D eigenvalue weighted by atomic mass is 28.2. The van der Waals surface area contributed by atoms with E-state index >= 15 is 0 Å². The Balaban J connectivity index is 1.93. The van der Waals surface area contributed by atoms with Crippen LogP contribution in [0.25, 0.3) is 0 Å². The number of para-hydroxylation sites is 1. The zero-order chi connectivity index (χ0) is 15.5. The Bertz CT molecular complexity index is 583. The zero-order valence-electron chi connectivity index (χ0n) is 13.3. The number of H-pyrrole nitrogens is 1. The van der Waals surface area contributed by atoms with Gasteiger partial charge in [0.05, 0.1) is 0 Å². The van der Waals surface area contributed by atoms with E-state index in [1.165, 1.54) is 5.69 Å². The molecule has 2 heterocycles. The quantitative estimate of drug-likeness (QED) is 0.864. The fraction of sp³-hybridized carbons (Fsp3) is 0.385. The van der Waals surface area contributed by atoms with Crippen molar-refractivity contribution in [3.05, 3.63) is 36.7 Å². The van der Waals surface area contributed by atoms with Gasteiger partial charge in [-0.2, -0.15) is 5.10 Å². The second-order valence-corrected chi connectivity index (χ2v) is 6.92. The van der Waals surface area contributed by atoms with E-state index in [2.05, 4.69) is 79.8 Å². The number of benzene rings is 1. The Kier molecular flexibility index (Phi) is 4.54. The Morgan fingerprint density at radius 2 is 1.86 bits per heavy atom. The predicted octanol–water partition coefficient (Wildman–Crippen LogP) is 1.35. The van der Waals surface area contributed by atoms with Crippen molar-refractivity contribution in [3.8, 4) is 0 Å². The van der Waals surface area contributed by atoms with Crippen LogP contribution in [0.2, 0.25) is 13.6 Å². The molecule has 0 saturated carbocycles. The summed E-state index contributed by atoms with van der Waals surface area (Å²) in [7, 11) is -0.0926. The molecule has 1 fully saturated rings. The van der Waals surface area contributed by atoms with Crippen molar-refractivity contribution in [2.75, 3.05) is 15.5 Å². The largest absolute Gasteiger partial charge is 0.416 e. The van der Waals surface area contributed by atoms with E-state index in [9.17, 15) is 0 Å². The number of rotatable bonds is 4. The molecule has 1 aromatic carbocycles. The molecule has 0 unspecified atom stereocenters. The van der Waals surface area contributed by atoms with Crippen LogP contribution in [0.5, 0.6) is 0 Å². The van der Waals surface area contributed by atoms with Crippen LogP contribution in [0.15, 0.2) is 36.7 Å². The van der Waals surface area contributed by atoms with Gasteiger partial charge in [0.2, 0.25) is 5.95 Å². The van der Waals surface area contributed by atoms with Gasteiger partial charge in [0, 0.05) is 5.69 Å². The fourth-order valence-electron chi connectivity index (χ4n) is 3.03. The van der Waals surface area contributed by atoms with Crippen LogP contribution in [0.3, 0.4) is 0 Å². The number of hydrogen-bond donors (Lipinski definition) is 1. The zero-order valence-corrected chi connectivity index (χ0v) is 14.5. The number of nitrogens with one attached hydrogen (secondary N) is 1. The summed E-state index contributed by atoms with van der Waals surface area (Å²) >= 11 is 0. The second-order valence-electron chi connectivity index (χ2n) is 5.58. The molecule has 3 rings (SSSR count). The summed E-state index contributed by atoms with van der Waals surface area (Å²) in [5.41, 5.74) is 1.27. The highest BCUT2D eigenvalue weighted by molar-refractivity contribution is 6.92. The Morgan fingerprint density at radius 1 is 1.14 bits per heavy atom. The lowest BCUT2D eigenvalue weighted by atomic mass is 9.61. The van der Waals surface area contributed by atoms with Crippen LogP contribution < -0.4 is 8.95 Å². The van der Waals surface area contributed by atoms with E-state index in [0.29, 0.717) is 14.0 Å². The molecule has 113 valence electrons. The van der Waals surface area contributed by atoms with Crippen molar-refractivity contribution in [2.45, 2.75) is 27.0 Å². The number of nitrogens with zero attached hydrogens (tertiary/aromatic N) is 5. The molecule has 22 heavy (non-hydrogen) atoms. The van der Waals surface area contributed by atoms with Crippen LogP contribution in [-0.2, 0) is 0 Å². The van der Waals surface area contributed by atoms with Crippen LogP contribution >= 0.6 is 0 Å². The molecule has 0 spiro atoms. The SMILES string of the molecule is CCCN1B(C)N(c2ccccc2)[SiH]N(c2ncn[nH]2)B1C. The average molecular weight is 311 g/mol. The lowest BCUT2D eigenvalue weighted by Gasteiger charge is -2.49. The van der Waals surface area contributed by atoms with E-state index in [4.69, 9.17) is 0 Å². The van der Waals surface area contributed by atoms with Gasteiger partial charge >= 0.3 is 14.0 Å². The van der Waals surface area contributed by atoms with E-state index in [1.807, 2.05) is 0 Å². The van der Waals surface area contributed by atoms with Gasteiger partial charge in [-0.15, -0.1) is 0 Å². The molecule has 0 bridgehead atoms. The molecule has 1 saturated heterocycles. The second kappa shape index (κ2) is 6.58. The molecular weight excluding hydrogens is 290 g/mol. The van der Waals surface area contributed by atoms with Gasteiger partial charge in [-0.05, 0) is 25.1 Å². The number of aromatic amines is 1. The van der Waals surface area contributed by atoms with Gasteiger partial charge < -0.3 is 13.7 Å². The molecule has 9 heteroatoms. The van der Waals surface area contributed by atoms with Crippen LogP contribution in [-0.4, -0.2) is 50.3 Å². The lowest BCUT2D eigenvalue weighted by molar-refractivity contribution is 0.619. The van der Waals surface area contributed by atoms with Gasteiger partial charge in [0.25, 0.3) is 9.84 Å². The van der Waals surface area contributed by atoms with Gasteiger partial charge in [-0.1, -0.05) is 38.8 Å². The van der Waals surface area contributed by atoms with Crippen LogP contribution in [0, 0.1) is 0 Å². The monoisotopic (exact) mass is 311 g/mol. The number of aromatic nitrogens is 3. The van der Waals surface area contributed by atoms with Crippen LogP contribution in [0.1, 0.15) is 13.3 Å². The smallest absolute Gasteiger partial charge is 0.324 e. The highest BCUT2D eigenvalue weighted by Gasteiger charge is 2.42. The summed E-state index contributed by atoms with van der Waals surface area (Å²) in [6.07, 6.45) is 2.72. The standard InChI is InChI=1S/C13H21B2N6Si/c1-4-10-19-14(2)20(12-8-6-5-7-9-12)22-21(15(19)3)13-16-11-17-18-13/h5-9,11,22H,4,10H2,1-3H3,(H,16,17,18). The summed E-state index contributed by atoms with van der Waals surface area (Å²) in [4.78, 5) is 4.36. The molecule has 1 aliphatic rings. The Morgan fingerprint density at radius 3 is 2.50 bits per heavy atom. The maximum Gasteiger partial charge on any atom is 0.324 e. The minimum absolute atomic E-state index is 0.0926. The minimum atomic E-state index is -0.0926. The van der Waals surface area contributed by atoms with E-state index in [1.54, 1.807) is 6.33 Å². The van der Waals surface area contributed by atoms with Crippen molar-refractivity contribution < 1.29 is 0 Å². The summed E-state index contributed by atoms with van der Waals surface area (Å²) in [5.74, 6) is 0.858. The first-order valence-electron chi connectivity index (χ1n) is 7.80. The molecule has 6 nitrogen and oxygen atoms in total. The molecular formula is C13H21B2N6Si. The minimum Gasteiger partial charge on any atom is -0.416 e. The van der Waals surface area contributed by atoms with E-state index in [-0.39, 0.29) is 9.84 Å². The topological polar surface area (TPSA) is 51.3 Å². The Labute approximate surface area is 135 Å². The Hall–Kier alpha value is -1.73. The maximum atomic E-state index is 4.36. The summed E-state index contributed by atoms with van der Waals surface area (Å²) in [6, 6.07) is 10.6. The van der Waals surface area contributed by atoms with E-state index < -0.39 is 0 Å². The van der Waals surface area contributed by atoms with Crippen molar-refractivity contribution in [3.63, 3.8) is 0 Å². The molecule has 0 aliphatic carbocycles. The third-order valence-electron chi connectivity index (χ3n) is 4.20. The number of hydrogen-bond acceptors (Lipinski definition) is 5. The van der Waals surface area contributed by atoms with Gasteiger partial charge in [0.15, 0.2) is 0 Å². The fourth-order valence-corrected chi connectivity index (χ4v) is 4.56. The van der Waals surface area contributed by atoms with Crippen molar-refractivity contribution in [1.29, 1.82) is 0 Å². The average Bonchev–Trinajstić information content (AvgIpc) is 3.07. The third-order valence-corrected chi connectivity index (χ3v) is 6.10. The maximum absolute atomic E-state index is 4.36. The molecule has 1 aromatic heterocycles. The van der Waals surface area contributed by atoms with Gasteiger partial charge in [-0.3, -0.25) is 0 Å². The first-order valence-corrected chi connectivity index (χ1v) is 8.83. The van der Waals surface area contributed by atoms with Crippen LogP contribution in [0.4, 0.5) is 11.6 Å². The third kappa shape index (κ3) is 2.78. The van der Waals surface area contributed by atoms with Crippen molar-refractivity contribution >= 4 is 35.4 Å². The summed E-state index contributed by atoms with van der Waals surface area (Å²) in [6.45, 7) is 8.54. The summed E-state index contributed by atoms with van der Waals surface area (Å²) in [5, 5.41) is 7.04. The van der Waals surface area contributed by atoms with Crippen molar-refractivity contribution in [2.24, 2.45) is 0 Å². The number of anilines is 2. The van der Waals surface area contributed by atoms with Gasteiger partial charge in [0.1, 0.15) is 6.33 Å². The molecule has 1 N–H and O–H groups in total. The summed E-state index contributed by atoms with van der Waals surface area (Å²) < 4.78 is 7.35. The molecule has 0 amide bonds. The first-order chi connectivity index (χ1) is 10.7. The van der Waals surface area contributed by atoms with E-state index in [0.717, 1.165) is 18.9 Å². The normalized spacial score (nSPS) is 16.5.